The Balaban J connectivity index is 1.58. The number of nitrogens with two attached hydrogens (primary N) is 1. The predicted molar refractivity (Wildman–Crippen MR) is 101 cm³/mol. The molecule has 25 heavy (non-hydrogen) atoms. The molecule has 1 aliphatic rings. The van der Waals surface area contributed by atoms with Crippen LogP contribution in [0.4, 0.5) is 5.69 Å². The summed E-state index contributed by atoms with van der Waals surface area (Å²) in [5, 5.41) is 0. The second-order valence-electron chi connectivity index (χ2n) is 6.62. The lowest BCUT2D eigenvalue weighted by molar-refractivity contribution is -0.140. The van der Waals surface area contributed by atoms with Crippen LogP contribution >= 0.6 is 0 Å². The summed E-state index contributed by atoms with van der Waals surface area (Å²) in [4.78, 5) is 13.7. The molecule has 132 valence electrons. The molecule has 0 spiro atoms. The third-order valence-electron chi connectivity index (χ3n) is 5.02. The summed E-state index contributed by atoms with van der Waals surface area (Å²) < 4.78 is 4.69. The zero-order valence-electron chi connectivity index (χ0n) is 14.8. The van der Waals surface area contributed by atoms with E-state index >= 15 is 0 Å². The van der Waals surface area contributed by atoms with E-state index in [1.165, 1.54) is 35.9 Å². The van der Waals surface area contributed by atoms with Crippen molar-refractivity contribution in [1.82, 2.24) is 0 Å². The molecule has 1 fully saturated rings. The quantitative estimate of drug-likeness (QED) is 0.822. The molecule has 1 aliphatic heterocycles. The van der Waals surface area contributed by atoms with Gasteiger partial charge in [0.25, 0.3) is 0 Å². The van der Waals surface area contributed by atoms with Gasteiger partial charge in [0.2, 0.25) is 0 Å². The van der Waals surface area contributed by atoms with Crippen LogP contribution in [-0.4, -0.2) is 26.2 Å². The molecule has 4 nitrogen and oxygen atoms in total. The average molecular weight is 338 g/mol. The van der Waals surface area contributed by atoms with E-state index in [9.17, 15) is 4.79 Å². The van der Waals surface area contributed by atoms with Crippen LogP contribution < -0.4 is 10.6 Å². The van der Waals surface area contributed by atoms with Crippen LogP contribution in [-0.2, 0) is 22.5 Å². The minimum Gasteiger partial charge on any atom is -0.469 e. The third kappa shape index (κ3) is 4.40. The van der Waals surface area contributed by atoms with Gasteiger partial charge in [-0.1, -0.05) is 36.4 Å². The van der Waals surface area contributed by atoms with E-state index in [4.69, 9.17) is 10.5 Å². The number of esters is 1. The fraction of sp³-hybridized carbons (Fsp3) is 0.381. The maximum atomic E-state index is 11.2. The number of hydrogen-bond acceptors (Lipinski definition) is 4. The molecule has 1 atom stereocenters. The van der Waals surface area contributed by atoms with E-state index in [-0.39, 0.29) is 5.97 Å². The second-order valence-corrected chi connectivity index (χ2v) is 6.62. The zero-order chi connectivity index (χ0) is 17.6. The number of carbonyl (C=O) groups is 1. The first-order valence-electron chi connectivity index (χ1n) is 8.89. The van der Waals surface area contributed by atoms with Crippen molar-refractivity contribution >= 4 is 11.7 Å². The van der Waals surface area contributed by atoms with Gasteiger partial charge in [-0.05, 0) is 41.7 Å². The topological polar surface area (TPSA) is 55.6 Å². The van der Waals surface area contributed by atoms with Crippen molar-refractivity contribution in [1.29, 1.82) is 0 Å². The summed E-state index contributed by atoms with van der Waals surface area (Å²) in [7, 11) is 1.43. The van der Waals surface area contributed by atoms with Gasteiger partial charge >= 0.3 is 5.97 Å². The lowest BCUT2D eigenvalue weighted by Crippen LogP contribution is -2.19. The van der Waals surface area contributed by atoms with Gasteiger partial charge in [-0.25, -0.2) is 0 Å². The molecule has 1 saturated heterocycles. The number of rotatable bonds is 6. The lowest BCUT2D eigenvalue weighted by atomic mass is 9.96. The van der Waals surface area contributed by atoms with E-state index < -0.39 is 0 Å². The first-order chi connectivity index (χ1) is 12.2. The van der Waals surface area contributed by atoms with Crippen molar-refractivity contribution in [3.8, 4) is 0 Å². The van der Waals surface area contributed by atoms with Gasteiger partial charge in [-0.3, -0.25) is 4.79 Å². The summed E-state index contributed by atoms with van der Waals surface area (Å²) in [5.74, 6) is 0.403. The van der Waals surface area contributed by atoms with Crippen LogP contribution in [0.5, 0.6) is 0 Å². The largest absolute Gasteiger partial charge is 0.469 e. The standard InChI is InChI=1S/C21H26N2O2/c1-25-21(24)11-6-16-2-7-18(8-3-16)19-12-13-23(15-19)20-9-4-17(14-22)5-10-20/h2-5,7-10,19H,6,11-15,22H2,1H3. The number of ether oxygens (including phenoxy) is 1. The zero-order valence-corrected chi connectivity index (χ0v) is 14.8. The fourth-order valence-corrected chi connectivity index (χ4v) is 3.41. The monoisotopic (exact) mass is 338 g/mol. The average Bonchev–Trinajstić information content (AvgIpc) is 3.16. The highest BCUT2D eigenvalue weighted by molar-refractivity contribution is 5.69. The number of hydrogen-bond donors (Lipinski definition) is 1. The Bertz CT molecular complexity index is 695. The lowest BCUT2D eigenvalue weighted by Gasteiger charge is -2.19. The van der Waals surface area contributed by atoms with E-state index in [0.29, 0.717) is 18.9 Å². The van der Waals surface area contributed by atoms with Gasteiger partial charge in [0, 0.05) is 37.7 Å². The Morgan fingerprint density at radius 3 is 2.44 bits per heavy atom. The van der Waals surface area contributed by atoms with Gasteiger partial charge in [0.15, 0.2) is 0 Å². The molecule has 1 heterocycles. The van der Waals surface area contributed by atoms with Crippen molar-refractivity contribution in [3.63, 3.8) is 0 Å². The van der Waals surface area contributed by atoms with Gasteiger partial charge in [-0.2, -0.15) is 0 Å². The molecule has 0 radical (unpaired) electrons. The van der Waals surface area contributed by atoms with Crippen LogP contribution in [0.1, 0.15) is 35.4 Å². The van der Waals surface area contributed by atoms with Crippen molar-refractivity contribution < 1.29 is 9.53 Å². The first-order valence-corrected chi connectivity index (χ1v) is 8.89. The fourth-order valence-electron chi connectivity index (χ4n) is 3.41. The van der Waals surface area contributed by atoms with Crippen LogP contribution in [0.3, 0.4) is 0 Å². The Kier molecular flexibility index (Phi) is 5.71. The van der Waals surface area contributed by atoms with Crippen LogP contribution in [0.25, 0.3) is 0 Å². The Labute approximate surface area is 149 Å². The van der Waals surface area contributed by atoms with E-state index in [1.807, 2.05) is 0 Å². The molecule has 2 N–H and O–H groups in total. The summed E-state index contributed by atoms with van der Waals surface area (Å²) in [6.45, 7) is 2.71. The maximum Gasteiger partial charge on any atom is 0.305 e. The SMILES string of the molecule is COC(=O)CCc1ccc(C2CCN(c3ccc(CN)cc3)C2)cc1. The molecule has 0 amide bonds. The van der Waals surface area contributed by atoms with E-state index in [0.717, 1.165) is 19.5 Å². The number of methoxy groups -OCH3 is 1. The predicted octanol–water partition coefficient (Wildman–Crippen LogP) is 3.24. The third-order valence-corrected chi connectivity index (χ3v) is 5.02. The van der Waals surface area contributed by atoms with Gasteiger partial charge in [-0.15, -0.1) is 0 Å². The smallest absolute Gasteiger partial charge is 0.305 e. The molecule has 0 saturated carbocycles. The number of aryl methyl sites for hydroxylation is 1. The summed E-state index contributed by atoms with van der Waals surface area (Å²) in [6.07, 6.45) is 2.34. The van der Waals surface area contributed by atoms with Gasteiger partial charge in [0.05, 0.1) is 7.11 Å². The van der Waals surface area contributed by atoms with E-state index in [2.05, 4.69) is 53.4 Å². The molecule has 0 aromatic heterocycles. The van der Waals surface area contributed by atoms with Crippen molar-refractivity contribution in [2.75, 3.05) is 25.1 Å². The Hall–Kier alpha value is -2.33. The molecule has 0 bridgehead atoms. The molecular formula is C21H26N2O2. The molecule has 1 unspecified atom stereocenters. The van der Waals surface area contributed by atoms with Crippen molar-refractivity contribution in [2.24, 2.45) is 5.73 Å². The molecule has 3 rings (SSSR count). The van der Waals surface area contributed by atoms with Crippen molar-refractivity contribution in [3.05, 3.63) is 65.2 Å². The molecule has 0 aliphatic carbocycles. The number of benzene rings is 2. The summed E-state index contributed by atoms with van der Waals surface area (Å²) in [5.41, 5.74) is 10.7. The highest BCUT2D eigenvalue weighted by Gasteiger charge is 2.24. The Morgan fingerprint density at radius 2 is 1.80 bits per heavy atom. The maximum absolute atomic E-state index is 11.2. The van der Waals surface area contributed by atoms with Crippen molar-refractivity contribution in [2.45, 2.75) is 31.7 Å². The molecule has 4 heteroatoms. The first kappa shape index (κ1) is 17.5. The highest BCUT2D eigenvalue weighted by atomic mass is 16.5. The molecule has 2 aromatic carbocycles. The normalized spacial score (nSPS) is 16.9. The molecule has 2 aromatic rings. The summed E-state index contributed by atoms with van der Waals surface area (Å²) >= 11 is 0. The van der Waals surface area contributed by atoms with E-state index in [1.54, 1.807) is 0 Å². The number of anilines is 1. The minimum atomic E-state index is -0.156. The number of carbonyl (C=O) groups excluding carboxylic acids is 1. The summed E-state index contributed by atoms with van der Waals surface area (Å²) in [6, 6.07) is 17.2. The van der Waals surface area contributed by atoms with Gasteiger partial charge in [0.1, 0.15) is 0 Å². The molecular weight excluding hydrogens is 312 g/mol. The minimum absolute atomic E-state index is 0.156. The highest BCUT2D eigenvalue weighted by Crippen LogP contribution is 2.31. The number of nitrogens with zero attached hydrogens (tertiary/aromatic N) is 1. The van der Waals surface area contributed by atoms with Crippen LogP contribution in [0.15, 0.2) is 48.5 Å². The van der Waals surface area contributed by atoms with Crippen LogP contribution in [0, 0.1) is 0 Å². The Morgan fingerprint density at radius 1 is 1.12 bits per heavy atom. The van der Waals surface area contributed by atoms with Gasteiger partial charge < -0.3 is 15.4 Å². The second kappa shape index (κ2) is 8.17. The van der Waals surface area contributed by atoms with Crippen LogP contribution in [0.2, 0.25) is 0 Å².